The van der Waals surface area contributed by atoms with Crippen LogP contribution in [0.4, 0.5) is 0 Å². The van der Waals surface area contributed by atoms with E-state index >= 15 is 0 Å². The molecule has 3 heteroatoms. The third kappa shape index (κ3) is 3.56. The van der Waals surface area contributed by atoms with Crippen molar-refractivity contribution in [2.45, 2.75) is 50.7 Å². The van der Waals surface area contributed by atoms with Crippen molar-refractivity contribution in [2.75, 3.05) is 20.1 Å². The Labute approximate surface area is 87.3 Å². The van der Waals surface area contributed by atoms with Crippen LogP contribution in [0, 0.1) is 0 Å². The van der Waals surface area contributed by atoms with Crippen LogP contribution in [0.2, 0.25) is 0 Å². The standard InChI is InChI=1S/C11H24N2O/c1-3-11(14,9-12)7-4-8-13(2)10-5-6-10/h10,14H,3-9,12H2,1-2H3. The quantitative estimate of drug-likeness (QED) is 0.643. The molecule has 0 aromatic carbocycles. The molecule has 0 amide bonds. The number of aliphatic hydroxyl groups is 1. The van der Waals surface area contributed by atoms with Gasteiger partial charge in [0, 0.05) is 12.6 Å². The fourth-order valence-electron chi connectivity index (χ4n) is 1.78. The van der Waals surface area contributed by atoms with E-state index in [1.54, 1.807) is 0 Å². The Balaban J connectivity index is 2.12. The van der Waals surface area contributed by atoms with Crippen molar-refractivity contribution in [3.8, 4) is 0 Å². The van der Waals surface area contributed by atoms with Crippen molar-refractivity contribution in [3.63, 3.8) is 0 Å². The Bertz CT molecular complexity index is 165. The van der Waals surface area contributed by atoms with Gasteiger partial charge in [-0.2, -0.15) is 0 Å². The van der Waals surface area contributed by atoms with Gasteiger partial charge in [0.15, 0.2) is 0 Å². The molecule has 84 valence electrons. The SMILES string of the molecule is CCC(O)(CN)CCCN(C)C1CC1. The van der Waals surface area contributed by atoms with E-state index in [4.69, 9.17) is 5.73 Å². The molecule has 0 spiro atoms. The molecule has 1 aliphatic rings. The molecule has 1 unspecified atom stereocenters. The minimum atomic E-state index is -0.621. The molecule has 3 nitrogen and oxygen atoms in total. The molecule has 0 aromatic heterocycles. The van der Waals surface area contributed by atoms with Crippen LogP contribution < -0.4 is 5.73 Å². The summed E-state index contributed by atoms with van der Waals surface area (Å²) in [6, 6.07) is 0.822. The monoisotopic (exact) mass is 200 g/mol. The van der Waals surface area contributed by atoms with Crippen molar-refractivity contribution >= 4 is 0 Å². The summed E-state index contributed by atoms with van der Waals surface area (Å²) in [7, 11) is 2.17. The number of nitrogens with two attached hydrogens (primary N) is 1. The van der Waals surface area contributed by atoms with Crippen LogP contribution in [0.25, 0.3) is 0 Å². The average molecular weight is 200 g/mol. The van der Waals surface area contributed by atoms with Crippen LogP contribution >= 0.6 is 0 Å². The topological polar surface area (TPSA) is 49.5 Å². The van der Waals surface area contributed by atoms with Gasteiger partial charge >= 0.3 is 0 Å². The molecule has 0 aliphatic heterocycles. The average Bonchev–Trinajstić information content (AvgIpc) is 3.00. The van der Waals surface area contributed by atoms with Crippen molar-refractivity contribution in [2.24, 2.45) is 5.73 Å². The Morgan fingerprint density at radius 1 is 1.50 bits per heavy atom. The van der Waals surface area contributed by atoms with E-state index in [0.29, 0.717) is 6.54 Å². The highest BCUT2D eigenvalue weighted by atomic mass is 16.3. The summed E-state index contributed by atoms with van der Waals surface area (Å²) in [5.41, 5.74) is 4.92. The van der Waals surface area contributed by atoms with Crippen LogP contribution in [0.5, 0.6) is 0 Å². The molecule has 1 saturated carbocycles. The largest absolute Gasteiger partial charge is 0.389 e. The summed E-state index contributed by atoms with van der Waals surface area (Å²) in [4.78, 5) is 2.40. The third-order valence-corrected chi connectivity index (χ3v) is 3.36. The second-order valence-electron chi connectivity index (χ2n) is 4.60. The molecular weight excluding hydrogens is 176 g/mol. The minimum Gasteiger partial charge on any atom is -0.389 e. The lowest BCUT2D eigenvalue weighted by atomic mass is 9.95. The fraction of sp³-hybridized carbons (Fsp3) is 1.00. The highest BCUT2D eigenvalue weighted by molar-refractivity contribution is 4.83. The second-order valence-corrected chi connectivity index (χ2v) is 4.60. The third-order valence-electron chi connectivity index (χ3n) is 3.36. The van der Waals surface area contributed by atoms with Crippen LogP contribution in [0.15, 0.2) is 0 Å². The Morgan fingerprint density at radius 3 is 2.57 bits per heavy atom. The van der Waals surface area contributed by atoms with E-state index < -0.39 is 5.60 Å². The Kier molecular flexibility index (Phi) is 4.35. The lowest BCUT2D eigenvalue weighted by Crippen LogP contribution is -2.37. The Hall–Kier alpha value is -0.120. The first kappa shape index (κ1) is 12.0. The molecule has 1 rings (SSSR count). The first-order chi connectivity index (χ1) is 6.61. The summed E-state index contributed by atoms with van der Waals surface area (Å²) >= 11 is 0. The molecule has 1 fully saturated rings. The smallest absolute Gasteiger partial charge is 0.0767 e. The van der Waals surface area contributed by atoms with Gasteiger partial charge in [0.05, 0.1) is 5.60 Å². The normalized spacial score (nSPS) is 21.2. The highest BCUT2D eigenvalue weighted by Gasteiger charge is 2.27. The van der Waals surface area contributed by atoms with Crippen molar-refractivity contribution in [1.29, 1.82) is 0 Å². The highest BCUT2D eigenvalue weighted by Crippen LogP contribution is 2.26. The second kappa shape index (κ2) is 5.10. The zero-order chi connectivity index (χ0) is 10.6. The van der Waals surface area contributed by atoms with Gasteiger partial charge in [0.2, 0.25) is 0 Å². The molecule has 0 radical (unpaired) electrons. The predicted molar refractivity (Wildman–Crippen MR) is 59.2 cm³/mol. The van der Waals surface area contributed by atoms with E-state index in [2.05, 4.69) is 11.9 Å². The molecule has 3 N–H and O–H groups in total. The number of rotatable bonds is 7. The molecule has 1 atom stereocenters. The van der Waals surface area contributed by atoms with Crippen LogP contribution in [0.1, 0.15) is 39.0 Å². The van der Waals surface area contributed by atoms with E-state index in [1.807, 2.05) is 6.92 Å². The van der Waals surface area contributed by atoms with Gasteiger partial charge in [-0.15, -0.1) is 0 Å². The summed E-state index contributed by atoms with van der Waals surface area (Å²) in [5.74, 6) is 0. The summed E-state index contributed by atoms with van der Waals surface area (Å²) in [6.07, 6.45) is 5.35. The lowest BCUT2D eigenvalue weighted by Gasteiger charge is -2.26. The van der Waals surface area contributed by atoms with Gasteiger partial charge in [-0.1, -0.05) is 6.92 Å². The van der Waals surface area contributed by atoms with E-state index in [0.717, 1.165) is 31.8 Å². The molecule has 0 bridgehead atoms. The number of nitrogens with zero attached hydrogens (tertiary/aromatic N) is 1. The van der Waals surface area contributed by atoms with Crippen LogP contribution in [-0.4, -0.2) is 41.8 Å². The molecular formula is C11H24N2O. The maximum atomic E-state index is 9.95. The first-order valence-electron chi connectivity index (χ1n) is 5.74. The first-order valence-corrected chi connectivity index (χ1v) is 5.74. The van der Waals surface area contributed by atoms with E-state index in [1.165, 1.54) is 12.8 Å². The summed E-state index contributed by atoms with van der Waals surface area (Å²) in [5, 5.41) is 9.95. The van der Waals surface area contributed by atoms with E-state index in [-0.39, 0.29) is 0 Å². The zero-order valence-electron chi connectivity index (χ0n) is 9.50. The molecule has 1 aliphatic carbocycles. The zero-order valence-corrected chi connectivity index (χ0v) is 9.50. The van der Waals surface area contributed by atoms with Crippen LogP contribution in [-0.2, 0) is 0 Å². The number of hydrogen-bond acceptors (Lipinski definition) is 3. The molecule has 14 heavy (non-hydrogen) atoms. The number of hydrogen-bond donors (Lipinski definition) is 2. The van der Waals surface area contributed by atoms with Gasteiger partial charge in [0.1, 0.15) is 0 Å². The maximum absolute atomic E-state index is 9.95. The lowest BCUT2D eigenvalue weighted by molar-refractivity contribution is 0.0321. The van der Waals surface area contributed by atoms with Gasteiger partial charge in [0.25, 0.3) is 0 Å². The van der Waals surface area contributed by atoms with E-state index in [9.17, 15) is 5.11 Å². The van der Waals surface area contributed by atoms with Crippen molar-refractivity contribution < 1.29 is 5.11 Å². The fourth-order valence-corrected chi connectivity index (χ4v) is 1.78. The van der Waals surface area contributed by atoms with Crippen molar-refractivity contribution in [1.82, 2.24) is 4.90 Å². The Morgan fingerprint density at radius 2 is 2.14 bits per heavy atom. The molecule has 0 heterocycles. The van der Waals surface area contributed by atoms with Crippen molar-refractivity contribution in [3.05, 3.63) is 0 Å². The predicted octanol–water partition coefficient (Wildman–Crippen LogP) is 0.961. The van der Waals surface area contributed by atoms with Crippen LogP contribution in [0.3, 0.4) is 0 Å². The van der Waals surface area contributed by atoms with Gasteiger partial charge < -0.3 is 15.7 Å². The van der Waals surface area contributed by atoms with Gasteiger partial charge in [-0.3, -0.25) is 0 Å². The molecule has 0 saturated heterocycles. The summed E-state index contributed by atoms with van der Waals surface area (Å²) < 4.78 is 0. The maximum Gasteiger partial charge on any atom is 0.0767 e. The van der Waals surface area contributed by atoms with Gasteiger partial charge in [-0.05, 0) is 45.7 Å². The molecule has 0 aromatic rings. The summed E-state index contributed by atoms with van der Waals surface area (Å²) in [6.45, 7) is 3.47. The minimum absolute atomic E-state index is 0.386. The van der Waals surface area contributed by atoms with Gasteiger partial charge in [-0.25, -0.2) is 0 Å².